The van der Waals surface area contributed by atoms with Gasteiger partial charge in [-0.15, -0.1) is 0 Å². The van der Waals surface area contributed by atoms with Crippen molar-refractivity contribution in [2.45, 2.75) is 11.4 Å². The molecule has 2 aromatic rings. The maximum absolute atomic E-state index is 11.0. The van der Waals surface area contributed by atoms with Crippen molar-refractivity contribution in [1.82, 2.24) is 0 Å². The molecule has 0 fully saturated rings. The fraction of sp³-hybridized carbons (Fsp3) is 0.0769. The van der Waals surface area contributed by atoms with Gasteiger partial charge in [-0.1, -0.05) is 34.1 Å². The topological polar surface area (TPSA) is 66.4 Å². The van der Waals surface area contributed by atoms with Crippen LogP contribution in [0.5, 0.6) is 0 Å². The summed E-state index contributed by atoms with van der Waals surface area (Å²) < 4.78 is 32.0. The van der Waals surface area contributed by atoms with Crippen molar-refractivity contribution in [3.05, 3.63) is 58.6 Å². The van der Waals surface area contributed by atoms with Crippen LogP contribution in [0, 0.1) is 0 Å². The average Bonchev–Trinajstić information content (AvgIpc) is 2.36. The second-order valence-electron chi connectivity index (χ2n) is 3.99. The standard InChI is InChI=1S/C13H12BrNO3S/c14-11-4-1-3-10(7-11)9-15-12-5-2-6-13(8-12)19(16,17)18/h1-8,15H,9H2,(H,16,17,18). The van der Waals surface area contributed by atoms with Crippen LogP contribution in [-0.4, -0.2) is 13.0 Å². The Hall–Kier alpha value is -1.37. The summed E-state index contributed by atoms with van der Waals surface area (Å²) in [5, 5.41) is 3.10. The Balaban J connectivity index is 2.12. The van der Waals surface area contributed by atoms with E-state index in [1.54, 1.807) is 12.1 Å². The van der Waals surface area contributed by atoms with E-state index in [4.69, 9.17) is 4.55 Å². The van der Waals surface area contributed by atoms with Gasteiger partial charge in [-0.3, -0.25) is 4.55 Å². The van der Waals surface area contributed by atoms with Crippen LogP contribution in [0.4, 0.5) is 5.69 Å². The molecule has 0 aliphatic carbocycles. The molecule has 0 radical (unpaired) electrons. The lowest BCUT2D eigenvalue weighted by Crippen LogP contribution is -2.02. The largest absolute Gasteiger partial charge is 0.381 e. The fourth-order valence-electron chi connectivity index (χ4n) is 1.62. The first-order chi connectivity index (χ1) is 8.95. The quantitative estimate of drug-likeness (QED) is 0.837. The molecule has 0 saturated carbocycles. The van der Waals surface area contributed by atoms with Crippen molar-refractivity contribution in [3.63, 3.8) is 0 Å². The first kappa shape index (κ1) is 14.0. The summed E-state index contributed by atoms with van der Waals surface area (Å²) in [6.07, 6.45) is 0. The minimum atomic E-state index is -4.16. The molecule has 0 bridgehead atoms. The minimum Gasteiger partial charge on any atom is -0.381 e. The van der Waals surface area contributed by atoms with Gasteiger partial charge in [-0.25, -0.2) is 0 Å². The molecule has 100 valence electrons. The molecule has 6 heteroatoms. The zero-order valence-corrected chi connectivity index (χ0v) is 12.3. The van der Waals surface area contributed by atoms with Crippen LogP contribution < -0.4 is 5.32 Å². The average molecular weight is 342 g/mol. The highest BCUT2D eigenvalue weighted by Gasteiger charge is 2.09. The van der Waals surface area contributed by atoms with Crippen LogP contribution in [-0.2, 0) is 16.7 Å². The summed E-state index contributed by atoms with van der Waals surface area (Å²) in [7, 11) is -4.16. The second-order valence-corrected chi connectivity index (χ2v) is 6.32. The summed E-state index contributed by atoms with van der Waals surface area (Å²) in [5.74, 6) is 0. The van der Waals surface area contributed by atoms with Crippen LogP contribution in [0.15, 0.2) is 57.9 Å². The molecule has 0 atom stereocenters. The predicted molar refractivity (Wildman–Crippen MR) is 77.7 cm³/mol. The molecular formula is C13H12BrNO3S. The monoisotopic (exact) mass is 341 g/mol. The van der Waals surface area contributed by atoms with Crippen molar-refractivity contribution < 1.29 is 13.0 Å². The molecule has 0 aliphatic rings. The van der Waals surface area contributed by atoms with Gasteiger partial charge in [-0.2, -0.15) is 8.42 Å². The number of hydrogen-bond donors (Lipinski definition) is 2. The molecule has 0 saturated heterocycles. The highest BCUT2D eigenvalue weighted by Crippen LogP contribution is 2.17. The first-order valence-electron chi connectivity index (χ1n) is 5.51. The van der Waals surface area contributed by atoms with Crippen molar-refractivity contribution in [2.75, 3.05) is 5.32 Å². The third-order valence-corrected chi connectivity index (χ3v) is 3.86. The van der Waals surface area contributed by atoms with Gasteiger partial charge in [0.05, 0.1) is 4.90 Å². The molecule has 0 unspecified atom stereocenters. The van der Waals surface area contributed by atoms with E-state index >= 15 is 0 Å². The molecule has 0 aromatic heterocycles. The lowest BCUT2D eigenvalue weighted by molar-refractivity contribution is 0.483. The summed E-state index contributed by atoms with van der Waals surface area (Å²) in [6.45, 7) is 0.564. The predicted octanol–water partition coefficient (Wildman–Crippen LogP) is 3.31. The Kier molecular flexibility index (Phi) is 4.24. The molecule has 2 aromatic carbocycles. The first-order valence-corrected chi connectivity index (χ1v) is 7.74. The molecule has 2 rings (SSSR count). The number of hydrogen-bond acceptors (Lipinski definition) is 3. The Bertz CT molecular complexity index is 686. The summed E-state index contributed by atoms with van der Waals surface area (Å²) in [5.41, 5.74) is 1.70. The zero-order valence-electron chi connectivity index (χ0n) is 9.88. The Morgan fingerprint density at radius 3 is 2.53 bits per heavy atom. The number of rotatable bonds is 4. The van der Waals surface area contributed by atoms with E-state index in [9.17, 15) is 8.42 Å². The van der Waals surface area contributed by atoms with E-state index < -0.39 is 10.1 Å². The molecule has 0 heterocycles. The van der Waals surface area contributed by atoms with Crippen LogP contribution in [0.2, 0.25) is 0 Å². The normalized spacial score (nSPS) is 11.3. The van der Waals surface area contributed by atoms with Crippen LogP contribution in [0.1, 0.15) is 5.56 Å². The summed E-state index contributed by atoms with van der Waals surface area (Å²) in [4.78, 5) is -0.119. The van der Waals surface area contributed by atoms with Gasteiger partial charge in [0.15, 0.2) is 0 Å². The van der Waals surface area contributed by atoms with E-state index in [1.165, 1.54) is 12.1 Å². The third-order valence-electron chi connectivity index (χ3n) is 2.52. The number of nitrogens with one attached hydrogen (secondary N) is 1. The van der Waals surface area contributed by atoms with Crippen molar-refractivity contribution in [3.8, 4) is 0 Å². The molecule has 0 spiro atoms. The highest BCUT2D eigenvalue weighted by atomic mass is 79.9. The van der Waals surface area contributed by atoms with E-state index in [0.717, 1.165) is 10.0 Å². The van der Waals surface area contributed by atoms with Crippen LogP contribution in [0.3, 0.4) is 0 Å². The van der Waals surface area contributed by atoms with E-state index in [0.29, 0.717) is 12.2 Å². The van der Waals surface area contributed by atoms with Gasteiger partial charge in [-0.05, 0) is 35.9 Å². The van der Waals surface area contributed by atoms with Gasteiger partial charge in [0.1, 0.15) is 0 Å². The molecule has 2 N–H and O–H groups in total. The van der Waals surface area contributed by atoms with E-state index in [-0.39, 0.29) is 4.90 Å². The molecular weight excluding hydrogens is 330 g/mol. The minimum absolute atomic E-state index is 0.119. The van der Waals surface area contributed by atoms with Crippen molar-refractivity contribution in [2.24, 2.45) is 0 Å². The Labute approximate surface area is 120 Å². The SMILES string of the molecule is O=S(=O)(O)c1cccc(NCc2cccc(Br)c2)c1. The number of anilines is 1. The lowest BCUT2D eigenvalue weighted by Gasteiger charge is -2.08. The third kappa shape index (κ3) is 4.05. The summed E-state index contributed by atoms with van der Waals surface area (Å²) >= 11 is 3.39. The van der Waals surface area contributed by atoms with Crippen LogP contribution in [0.25, 0.3) is 0 Å². The summed E-state index contributed by atoms with van der Waals surface area (Å²) in [6, 6.07) is 13.9. The van der Waals surface area contributed by atoms with Crippen molar-refractivity contribution >= 4 is 31.7 Å². The Morgan fingerprint density at radius 2 is 1.84 bits per heavy atom. The molecule has 4 nitrogen and oxygen atoms in total. The second kappa shape index (κ2) is 5.73. The van der Waals surface area contributed by atoms with Crippen LogP contribution >= 0.6 is 15.9 Å². The van der Waals surface area contributed by atoms with E-state index in [1.807, 2.05) is 24.3 Å². The van der Waals surface area contributed by atoms with Gasteiger partial charge in [0.25, 0.3) is 10.1 Å². The lowest BCUT2D eigenvalue weighted by atomic mass is 10.2. The van der Waals surface area contributed by atoms with Gasteiger partial charge in [0, 0.05) is 16.7 Å². The van der Waals surface area contributed by atoms with Gasteiger partial charge in [0.2, 0.25) is 0 Å². The maximum Gasteiger partial charge on any atom is 0.294 e. The zero-order chi connectivity index (χ0) is 13.9. The molecule has 0 aliphatic heterocycles. The molecule has 19 heavy (non-hydrogen) atoms. The number of halogens is 1. The van der Waals surface area contributed by atoms with E-state index in [2.05, 4.69) is 21.2 Å². The smallest absolute Gasteiger partial charge is 0.294 e. The van der Waals surface area contributed by atoms with Crippen molar-refractivity contribution in [1.29, 1.82) is 0 Å². The van der Waals surface area contributed by atoms with Gasteiger partial charge >= 0.3 is 0 Å². The number of benzene rings is 2. The molecule has 0 amide bonds. The maximum atomic E-state index is 11.0. The Morgan fingerprint density at radius 1 is 1.11 bits per heavy atom. The van der Waals surface area contributed by atoms with Gasteiger partial charge < -0.3 is 5.32 Å². The fourth-order valence-corrected chi connectivity index (χ4v) is 2.59. The highest BCUT2D eigenvalue weighted by molar-refractivity contribution is 9.10.